The zero-order valence-electron chi connectivity index (χ0n) is 13.3. The highest BCUT2D eigenvalue weighted by atomic mass is 16.5. The molecule has 1 aliphatic rings. The van der Waals surface area contributed by atoms with Crippen LogP contribution in [0.25, 0.3) is 0 Å². The van der Waals surface area contributed by atoms with E-state index in [0.29, 0.717) is 12.2 Å². The predicted octanol–water partition coefficient (Wildman–Crippen LogP) is 3.23. The van der Waals surface area contributed by atoms with E-state index in [4.69, 9.17) is 9.47 Å². The minimum Gasteiger partial charge on any atom is -0.379 e. The van der Waals surface area contributed by atoms with Gasteiger partial charge in [0, 0.05) is 13.2 Å². The van der Waals surface area contributed by atoms with E-state index in [9.17, 15) is 0 Å². The molecule has 3 nitrogen and oxygen atoms in total. The van der Waals surface area contributed by atoms with Gasteiger partial charge in [0.1, 0.15) is 0 Å². The van der Waals surface area contributed by atoms with E-state index in [0.717, 1.165) is 44.6 Å². The summed E-state index contributed by atoms with van der Waals surface area (Å²) in [5.74, 6) is 1.69. The first kappa shape index (κ1) is 16.9. The fraction of sp³-hybridized carbons (Fsp3) is 1.00. The van der Waals surface area contributed by atoms with Gasteiger partial charge in [0.15, 0.2) is 0 Å². The average Bonchev–Trinajstić information content (AvgIpc) is 2.36. The molecular weight excluding hydrogens is 238 g/mol. The van der Waals surface area contributed by atoms with E-state index in [1.807, 2.05) is 0 Å². The lowest BCUT2D eigenvalue weighted by Gasteiger charge is -2.32. The molecule has 0 aliphatic heterocycles. The van der Waals surface area contributed by atoms with Crippen LogP contribution in [0.15, 0.2) is 0 Å². The average molecular weight is 271 g/mol. The first-order valence-corrected chi connectivity index (χ1v) is 8.03. The fourth-order valence-corrected chi connectivity index (χ4v) is 2.59. The van der Waals surface area contributed by atoms with Crippen molar-refractivity contribution in [2.45, 2.75) is 65.6 Å². The van der Waals surface area contributed by atoms with Crippen molar-refractivity contribution in [3.8, 4) is 0 Å². The molecular formula is C16H33NO2. The van der Waals surface area contributed by atoms with Gasteiger partial charge >= 0.3 is 0 Å². The smallest absolute Gasteiger partial charge is 0.0594 e. The van der Waals surface area contributed by atoms with Crippen LogP contribution in [0.4, 0.5) is 0 Å². The first-order chi connectivity index (χ1) is 9.09. The third kappa shape index (κ3) is 7.91. The number of hydrogen-bond acceptors (Lipinski definition) is 3. The van der Waals surface area contributed by atoms with Crippen molar-refractivity contribution < 1.29 is 9.47 Å². The topological polar surface area (TPSA) is 30.5 Å². The van der Waals surface area contributed by atoms with Gasteiger partial charge in [-0.3, -0.25) is 0 Å². The van der Waals surface area contributed by atoms with E-state index in [1.54, 1.807) is 0 Å². The van der Waals surface area contributed by atoms with Crippen molar-refractivity contribution in [2.24, 2.45) is 11.8 Å². The van der Waals surface area contributed by atoms with Crippen LogP contribution in [-0.2, 0) is 9.47 Å². The molecule has 0 heterocycles. The molecule has 1 saturated carbocycles. The molecule has 1 N–H and O–H groups in total. The number of rotatable bonds is 9. The van der Waals surface area contributed by atoms with Crippen LogP contribution < -0.4 is 5.32 Å². The zero-order valence-corrected chi connectivity index (χ0v) is 13.3. The highest BCUT2D eigenvalue weighted by Gasteiger charge is 2.24. The number of nitrogens with one attached hydrogen (secondary N) is 1. The lowest BCUT2D eigenvalue weighted by Crippen LogP contribution is -2.30. The highest BCUT2D eigenvalue weighted by molar-refractivity contribution is 4.75. The molecule has 0 saturated heterocycles. The third-order valence-corrected chi connectivity index (χ3v) is 4.13. The molecule has 0 radical (unpaired) electrons. The summed E-state index contributed by atoms with van der Waals surface area (Å²) in [6.07, 6.45) is 5.73. The summed E-state index contributed by atoms with van der Waals surface area (Å²) in [6, 6.07) is 0. The second kappa shape index (κ2) is 9.73. The van der Waals surface area contributed by atoms with E-state index in [1.165, 1.54) is 19.3 Å². The maximum atomic E-state index is 5.95. The molecule has 3 atom stereocenters. The van der Waals surface area contributed by atoms with E-state index in [2.05, 4.69) is 33.0 Å². The summed E-state index contributed by atoms with van der Waals surface area (Å²) in [6.45, 7) is 12.5. The van der Waals surface area contributed by atoms with Crippen molar-refractivity contribution in [1.82, 2.24) is 5.32 Å². The molecule has 19 heavy (non-hydrogen) atoms. The summed E-state index contributed by atoms with van der Waals surface area (Å²) < 4.78 is 11.4. The lowest BCUT2D eigenvalue weighted by molar-refractivity contribution is 0.00409. The van der Waals surface area contributed by atoms with Gasteiger partial charge in [-0.05, 0) is 57.9 Å². The molecule has 1 fully saturated rings. The zero-order chi connectivity index (χ0) is 14.1. The van der Waals surface area contributed by atoms with Gasteiger partial charge in [0.2, 0.25) is 0 Å². The molecule has 3 heteroatoms. The SMILES string of the molecule is CC(C)OCCCNCCOC1CCC(C)C(C)C1. The summed E-state index contributed by atoms with van der Waals surface area (Å²) in [5, 5.41) is 3.41. The third-order valence-electron chi connectivity index (χ3n) is 4.13. The molecule has 1 aliphatic carbocycles. The van der Waals surface area contributed by atoms with Crippen LogP contribution in [0.2, 0.25) is 0 Å². The Morgan fingerprint density at radius 1 is 1.05 bits per heavy atom. The van der Waals surface area contributed by atoms with Crippen LogP contribution in [0, 0.1) is 11.8 Å². The van der Waals surface area contributed by atoms with E-state index in [-0.39, 0.29) is 0 Å². The van der Waals surface area contributed by atoms with Crippen molar-refractivity contribution >= 4 is 0 Å². The molecule has 114 valence electrons. The predicted molar refractivity (Wildman–Crippen MR) is 80.5 cm³/mol. The van der Waals surface area contributed by atoms with Crippen LogP contribution in [0.5, 0.6) is 0 Å². The van der Waals surface area contributed by atoms with Gasteiger partial charge < -0.3 is 14.8 Å². The lowest BCUT2D eigenvalue weighted by atomic mass is 9.80. The molecule has 3 unspecified atom stereocenters. The van der Waals surface area contributed by atoms with E-state index < -0.39 is 0 Å². The Kier molecular flexibility index (Phi) is 8.67. The Morgan fingerprint density at radius 2 is 1.84 bits per heavy atom. The van der Waals surface area contributed by atoms with Crippen molar-refractivity contribution in [3.63, 3.8) is 0 Å². The van der Waals surface area contributed by atoms with Gasteiger partial charge in [0.05, 0.1) is 18.8 Å². The molecule has 0 aromatic carbocycles. The van der Waals surface area contributed by atoms with Crippen LogP contribution >= 0.6 is 0 Å². The Bertz CT molecular complexity index is 221. The Morgan fingerprint density at radius 3 is 2.53 bits per heavy atom. The summed E-state index contributed by atoms with van der Waals surface area (Å²) in [5.41, 5.74) is 0. The summed E-state index contributed by atoms with van der Waals surface area (Å²) >= 11 is 0. The second-order valence-electron chi connectivity index (χ2n) is 6.28. The van der Waals surface area contributed by atoms with Crippen LogP contribution in [-0.4, -0.2) is 38.5 Å². The minimum absolute atomic E-state index is 0.346. The molecule has 0 aromatic rings. The van der Waals surface area contributed by atoms with Crippen LogP contribution in [0.1, 0.15) is 53.4 Å². The van der Waals surface area contributed by atoms with Gasteiger partial charge in [-0.2, -0.15) is 0 Å². The van der Waals surface area contributed by atoms with E-state index >= 15 is 0 Å². The van der Waals surface area contributed by atoms with Crippen molar-refractivity contribution in [2.75, 3.05) is 26.3 Å². The highest BCUT2D eigenvalue weighted by Crippen LogP contribution is 2.30. The Labute approximate surface area is 119 Å². The maximum absolute atomic E-state index is 5.95. The van der Waals surface area contributed by atoms with Crippen molar-refractivity contribution in [3.05, 3.63) is 0 Å². The quantitative estimate of drug-likeness (QED) is 0.653. The van der Waals surface area contributed by atoms with Crippen LogP contribution in [0.3, 0.4) is 0 Å². The molecule has 0 bridgehead atoms. The molecule has 0 amide bonds. The largest absolute Gasteiger partial charge is 0.379 e. The van der Waals surface area contributed by atoms with Crippen molar-refractivity contribution in [1.29, 1.82) is 0 Å². The van der Waals surface area contributed by atoms with Gasteiger partial charge in [-0.15, -0.1) is 0 Å². The Balaban J connectivity index is 1.88. The fourth-order valence-electron chi connectivity index (χ4n) is 2.59. The molecule has 0 aromatic heterocycles. The monoisotopic (exact) mass is 271 g/mol. The summed E-state index contributed by atoms with van der Waals surface area (Å²) in [7, 11) is 0. The molecule has 0 spiro atoms. The maximum Gasteiger partial charge on any atom is 0.0594 e. The second-order valence-corrected chi connectivity index (χ2v) is 6.28. The van der Waals surface area contributed by atoms with Gasteiger partial charge in [-0.25, -0.2) is 0 Å². The standard InChI is InChI=1S/C16H33NO2/c1-13(2)18-10-5-8-17-9-11-19-16-7-6-14(3)15(4)12-16/h13-17H,5-12H2,1-4H3. The van der Waals surface area contributed by atoms with Gasteiger partial charge in [0.25, 0.3) is 0 Å². The number of ether oxygens (including phenoxy) is 2. The van der Waals surface area contributed by atoms with Gasteiger partial charge in [-0.1, -0.05) is 13.8 Å². The first-order valence-electron chi connectivity index (χ1n) is 8.03. The Hall–Kier alpha value is -0.120. The number of hydrogen-bond donors (Lipinski definition) is 1. The minimum atomic E-state index is 0.346. The molecule has 1 rings (SSSR count). The summed E-state index contributed by atoms with van der Waals surface area (Å²) in [4.78, 5) is 0. The normalized spacial score (nSPS) is 27.9.